The molecule has 2 amide bonds. The third-order valence-electron chi connectivity index (χ3n) is 6.08. The van der Waals surface area contributed by atoms with Crippen LogP contribution in [-0.4, -0.2) is 35.7 Å². The summed E-state index contributed by atoms with van der Waals surface area (Å²) >= 11 is 0. The summed E-state index contributed by atoms with van der Waals surface area (Å²) in [7, 11) is 0. The fourth-order valence-corrected chi connectivity index (χ4v) is 4.72. The third kappa shape index (κ3) is 5.11. The van der Waals surface area contributed by atoms with Crippen LogP contribution in [0.4, 0.5) is 4.79 Å². The standard InChI is InChI=1S/C24H28N4O2/c25-11-12-30-23-8-4-7-19(13-23)16-26-24(29)27-20-14-21-9-10-22(15-20)28(21)17-18-5-2-1-3-6-18/h1-8,13,20-22H,9-10,12,14-17H2,(H2,26,27,29). The van der Waals surface area contributed by atoms with E-state index in [0.29, 0.717) is 24.4 Å². The highest BCUT2D eigenvalue weighted by atomic mass is 16.5. The number of urea groups is 1. The van der Waals surface area contributed by atoms with Crippen molar-refractivity contribution in [3.8, 4) is 11.8 Å². The molecule has 2 aliphatic heterocycles. The van der Waals surface area contributed by atoms with Gasteiger partial charge in [0.1, 0.15) is 11.8 Å². The second-order valence-electron chi connectivity index (χ2n) is 8.13. The first-order valence-corrected chi connectivity index (χ1v) is 10.6. The molecule has 2 fully saturated rings. The lowest BCUT2D eigenvalue weighted by Gasteiger charge is -2.39. The van der Waals surface area contributed by atoms with Crippen molar-refractivity contribution >= 4 is 6.03 Å². The van der Waals surface area contributed by atoms with E-state index in [1.54, 1.807) is 6.07 Å². The maximum Gasteiger partial charge on any atom is 0.315 e. The highest BCUT2D eigenvalue weighted by Crippen LogP contribution is 2.36. The van der Waals surface area contributed by atoms with Crippen molar-refractivity contribution in [2.75, 3.05) is 6.61 Å². The Balaban J connectivity index is 1.25. The zero-order valence-electron chi connectivity index (χ0n) is 17.1. The monoisotopic (exact) mass is 404 g/mol. The molecule has 0 aliphatic carbocycles. The Labute approximate surface area is 177 Å². The molecule has 2 N–H and O–H groups in total. The summed E-state index contributed by atoms with van der Waals surface area (Å²) in [6.07, 6.45) is 4.45. The normalized spacial score (nSPS) is 22.8. The van der Waals surface area contributed by atoms with Crippen LogP contribution < -0.4 is 15.4 Å². The van der Waals surface area contributed by atoms with Gasteiger partial charge in [-0.15, -0.1) is 0 Å². The van der Waals surface area contributed by atoms with E-state index >= 15 is 0 Å². The van der Waals surface area contributed by atoms with Crippen LogP contribution in [0.15, 0.2) is 54.6 Å². The molecule has 156 valence electrons. The van der Waals surface area contributed by atoms with E-state index in [4.69, 9.17) is 10.00 Å². The van der Waals surface area contributed by atoms with Crippen LogP contribution in [0.1, 0.15) is 36.8 Å². The Morgan fingerprint density at radius 3 is 2.53 bits per heavy atom. The van der Waals surface area contributed by atoms with Gasteiger partial charge in [0.15, 0.2) is 6.61 Å². The Hall–Kier alpha value is -3.04. The van der Waals surface area contributed by atoms with E-state index in [2.05, 4.69) is 45.9 Å². The number of piperidine rings is 1. The summed E-state index contributed by atoms with van der Waals surface area (Å²) in [5.41, 5.74) is 2.30. The second kappa shape index (κ2) is 9.64. The predicted molar refractivity (Wildman–Crippen MR) is 115 cm³/mol. The van der Waals surface area contributed by atoms with Crippen LogP contribution in [0.2, 0.25) is 0 Å². The topological polar surface area (TPSA) is 77.4 Å². The van der Waals surface area contributed by atoms with Gasteiger partial charge in [-0.05, 0) is 48.9 Å². The molecule has 6 nitrogen and oxygen atoms in total. The molecule has 2 aliphatic rings. The van der Waals surface area contributed by atoms with E-state index in [9.17, 15) is 4.79 Å². The lowest BCUT2D eigenvalue weighted by molar-refractivity contribution is 0.111. The first-order valence-electron chi connectivity index (χ1n) is 10.6. The van der Waals surface area contributed by atoms with Crippen molar-refractivity contribution in [1.29, 1.82) is 5.26 Å². The minimum Gasteiger partial charge on any atom is -0.479 e. The van der Waals surface area contributed by atoms with Gasteiger partial charge >= 0.3 is 6.03 Å². The van der Waals surface area contributed by atoms with E-state index < -0.39 is 0 Å². The minimum absolute atomic E-state index is 0.0165. The maximum atomic E-state index is 12.4. The summed E-state index contributed by atoms with van der Waals surface area (Å²) in [6, 6.07) is 21.2. The smallest absolute Gasteiger partial charge is 0.315 e. The molecule has 6 heteroatoms. The fourth-order valence-electron chi connectivity index (χ4n) is 4.72. The molecule has 0 aromatic heterocycles. The largest absolute Gasteiger partial charge is 0.479 e. The van der Waals surface area contributed by atoms with Gasteiger partial charge in [-0.2, -0.15) is 5.26 Å². The zero-order valence-corrected chi connectivity index (χ0v) is 17.1. The van der Waals surface area contributed by atoms with E-state index in [-0.39, 0.29) is 18.7 Å². The Morgan fingerprint density at radius 1 is 1.07 bits per heavy atom. The zero-order chi connectivity index (χ0) is 20.8. The molecule has 2 aromatic carbocycles. The quantitative estimate of drug-likeness (QED) is 0.739. The highest BCUT2D eigenvalue weighted by Gasteiger charge is 2.40. The molecule has 4 rings (SSSR count). The first kappa shape index (κ1) is 20.2. The fraction of sp³-hybridized carbons (Fsp3) is 0.417. The van der Waals surface area contributed by atoms with Crippen molar-refractivity contribution in [1.82, 2.24) is 15.5 Å². The lowest BCUT2D eigenvalue weighted by atomic mass is 9.96. The molecule has 2 unspecified atom stereocenters. The van der Waals surface area contributed by atoms with Crippen LogP contribution in [-0.2, 0) is 13.1 Å². The molecule has 2 heterocycles. The summed E-state index contributed by atoms with van der Waals surface area (Å²) < 4.78 is 5.31. The number of nitrogens with one attached hydrogen (secondary N) is 2. The third-order valence-corrected chi connectivity index (χ3v) is 6.08. The van der Waals surface area contributed by atoms with Crippen LogP contribution >= 0.6 is 0 Å². The number of amides is 2. The summed E-state index contributed by atoms with van der Waals surface area (Å²) in [5, 5.41) is 14.7. The number of hydrogen-bond acceptors (Lipinski definition) is 4. The predicted octanol–water partition coefficient (Wildman–Crippen LogP) is 3.58. The average Bonchev–Trinajstić information content (AvgIpc) is 2.99. The number of benzene rings is 2. The number of carbonyl (C=O) groups is 1. The maximum absolute atomic E-state index is 12.4. The number of hydrogen-bond donors (Lipinski definition) is 2. The minimum atomic E-state index is -0.126. The lowest BCUT2D eigenvalue weighted by Crippen LogP contribution is -2.51. The van der Waals surface area contributed by atoms with Gasteiger partial charge in [-0.3, -0.25) is 4.90 Å². The molecule has 2 atom stereocenters. The van der Waals surface area contributed by atoms with Crippen LogP contribution in [0.5, 0.6) is 5.75 Å². The van der Waals surface area contributed by atoms with Gasteiger partial charge < -0.3 is 15.4 Å². The second-order valence-corrected chi connectivity index (χ2v) is 8.13. The van der Waals surface area contributed by atoms with Crippen molar-refractivity contribution in [2.45, 2.75) is 56.9 Å². The van der Waals surface area contributed by atoms with Crippen molar-refractivity contribution in [2.24, 2.45) is 0 Å². The average molecular weight is 405 g/mol. The Morgan fingerprint density at radius 2 is 1.80 bits per heavy atom. The van der Waals surface area contributed by atoms with Crippen molar-refractivity contribution < 1.29 is 9.53 Å². The molecule has 2 saturated heterocycles. The van der Waals surface area contributed by atoms with Crippen LogP contribution in [0, 0.1) is 11.3 Å². The molecule has 2 bridgehead atoms. The molecule has 0 saturated carbocycles. The van der Waals surface area contributed by atoms with Crippen LogP contribution in [0.25, 0.3) is 0 Å². The molecule has 0 radical (unpaired) electrons. The Kier molecular flexibility index (Phi) is 6.50. The Bertz CT molecular complexity index is 882. The number of rotatable bonds is 7. The molecular weight excluding hydrogens is 376 g/mol. The summed E-state index contributed by atoms with van der Waals surface area (Å²) in [6.45, 7) is 1.44. The van der Waals surface area contributed by atoms with Gasteiger partial charge in [-0.25, -0.2) is 4.79 Å². The molecule has 30 heavy (non-hydrogen) atoms. The SMILES string of the molecule is N#CCOc1cccc(CNC(=O)NC2CC3CCC(C2)N3Cc2ccccc2)c1. The highest BCUT2D eigenvalue weighted by molar-refractivity contribution is 5.74. The van der Waals surface area contributed by atoms with Crippen molar-refractivity contribution in [3.63, 3.8) is 0 Å². The van der Waals surface area contributed by atoms with Gasteiger partial charge in [0.2, 0.25) is 0 Å². The first-order chi connectivity index (χ1) is 14.7. The van der Waals surface area contributed by atoms with Crippen LogP contribution in [0.3, 0.4) is 0 Å². The summed E-state index contributed by atoms with van der Waals surface area (Å²) in [5.74, 6) is 0.638. The molecule has 2 aromatic rings. The van der Waals surface area contributed by atoms with Gasteiger partial charge in [-0.1, -0.05) is 42.5 Å². The molecular formula is C24H28N4O2. The number of ether oxygens (including phenoxy) is 1. The number of nitriles is 1. The van der Waals surface area contributed by atoms with Gasteiger partial charge in [0.25, 0.3) is 0 Å². The number of fused-ring (bicyclic) bond motifs is 2. The number of nitrogens with zero attached hydrogens (tertiary/aromatic N) is 2. The van der Waals surface area contributed by atoms with Crippen molar-refractivity contribution in [3.05, 3.63) is 65.7 Å². The van der Waals surface area contributed by atoms with E-state index in [0.717, 1.165) is 24.9 Å². The van der Waals surface area contributed by atoms with Gasteiger partial charge in [0.05, 0.1) is 0 Å². The van der Waals surface area contributed by atoms with E-state index in [1.807, 2.05) is 24.3 Å². The van der Waals surface area contributed by atoms with Gasteiger partial charge in [0, 0.05) is 31.2 Å². The summed E-state index contributed by atoms with van der Waals surface area (Å²) in [4.78, 5) is 15.1. The number of carbonyl (C=O) groups excluding carboxylic acids is 1. The molecule has 0 spiro atoms. The van der Waals surface area contributed by atoms with E-state index in [1.165, 1.54) is 18.4 Å².